The van der Waals surface area contributed by atoms with Crippen molar-refractivity contribution in [3.63, 3.8) is 0 Å². The molecule has 1 N–H and O–H groups in total. The smallest absolute Gasteiger partial charge is 0.182 e. The van der Waals surface area contributed by atoms with Gasteiger partial charge in [-0.25, -0.2) is 4.98 Å². The van der Waals surface area contributed by atoms with E-state index < -0.39 is 0 Å². The van der Waals surface area contributed by atoms with Crippen molar-refractivity contribution >= 4 is 16.5 Å². The number of hydrogen-bond acceptors (Lipinski definition) is 5. The monoisotopic (exact) mass is 283 g/mol. The van der Waals surface area contributed by atoms with Crippen LogP contribution >= 0.6 is 11.3 Å². The van der Waals surface area contributed by atoms with Crippen molar-refractivity contribution in [3.8, 4) is 0 Å². The molecule has 1 aromatic heterocycles. The maximum atomic E-state index is 5.54. The van der Waals surface area contributed by atoms with E-state index in [1.54, 1.807) is 11.3 Å². The van der Waals surface area contributed by atoms with Crippen molar-refractivity contribution in [2.45, 2.75) is 32.7 Å². The van der Waals surface area contributed by atoms with Crippen LogP contribution in [0.2, 0.25) is 0 Å². The lowest BCUT2D eigenvalue weighted by atomic mass is 10.0. The summed E-state index contributed by atoms with van der Waals surface area (Å²) in [5.41, 5.74) is 0. The van der Waals surface area contributed by atoms with E-state index in [9.17, 15) is 0 Å². The largest absolute Gasteiger partial charge is 0.381 e. The van der Waals surface area contributed by atoms with Gasteiger partial charge in [-0.3, -0.25) is 0 Å². The molecule has 0 amide bonds. The van der Waals surface area contributed by atoms with Gasteiger partial charge in [0.25, 0.3) is 0 Å². The first-order valence-corrected chi connectivity index (χ1v) is 8.04. The van der Waals surface area contributed by atoms with Crippen LogP contribution in [0.25, 0.3) is 0 Å². The summed E-state index contributed by atoms with van der Waals surface area (Å²) in [4.78, 5) is 8.13. The molecule has 4 nitrogen and oxygen atoms in total. The highest BCUT2D eigenvalue weighted by molar-refractivity contribution is 7.15. The molecule has 5 heteroatoms. The van der Waals surface area contributed by atoms with E-state index in [4.69, 9.17) is 4.74 Å². The molecule has 108 valence electrons. The average Bonchev–Trinajstić information content (AvgIpc) is 2.85. The highest BCUT2D eigenvalue weighted by Gasteiger charge is 2.16. The maximum absolute atomic E-state index is 5.54. The molecule has 0 spiro atoms. The lowest BCUT2D eigenvalue weighted by Gasteiger charge is -2.26. The number of aromatic nitrogens is 1. The summed E-state index contributed by atoms with van der Waals surface area (Å²) in [5.74, 6) is 0.698. The summed E-state index contributed by atoms with van der Waals surface area (Å²) in [5, 5.41) is 4.39. The molecule has 0 bridgehead atoms. The molecule has 1 aliphatic heterocycles. The minimum absolute atomic E-state index is 0.698. The Morgan fingerprint density at radius 1 is 1.58 bits per heavy atom. The maximum Gasteiger partial charge on any atom is 0.182 e. The van der Waals surface area contributed by atoms with E-state index in [-0.39, 0.29) is 0 Å². The van der Waals surface area contributed by atoms with Crippen LogP contribution in [0.1, 0.15) is 31.1 Å². The molecule has 0 aliphatic carbocycles. The van der Waals surface area contributed by atoms with Crippen molar-refractivity contribution < 1.29 is 4.74 Å². The second kappa shape index (κ2) is 7.82. The van der Waals surface area contributed by atoms with E-state index in [0.29, 0.717) is 5.92 Å². The third kappa shape index (κ3) is 5.09. The first kappa shape index (κ1) is 14.8. The van der Waals surface area contributed by atoms with Gasteiger partial charge in [-0.15, -0.1) is 11.3 Å². The van der Waals surface area contributed by atoms with Gasteiger partial charge in [0, 0.05) is 37.3 Å². The van der Waals surface area contributed by atoms with Gasteiger partial charge in [0.05, 0.1) is 6.61 Å². The van der Waals surface area contributed by atoms with E-state index >= 15 is 0 Å². The Kier molecular flexibility index (Phi) is 6.07. The molecular formula is C14H25N3OS. The van der Waals surface area contributed by atoms with Gasteiger partial charge in [-0.2, -0.15) is 0 Å². The fourth-order valence-electron chi connectivity index (χ4n) is 2.42. The van der Waals surface area contributed by atoms with E-state index in [1.807, 2.05) is 6.20 Å². The second-order valence-corrected chi connectivity index (χ2v) is 6.45. The van der Waals surface area contributed by atoms with Gasteiger partial charge in [-0.05, 0) is 32.2 Å². The predicted molar refractivity (Wildman–Crippen MR) is 80.8 cm³/mol. The Hall–Kier alpha value is -0.650. The van der Waals surface area contributed by atoms with Crippen LogP contribution in [0.4, 0.5) is 5.13 Å². The minimum Gasteiger partial charge on any atom is -0.381 e. The Morgan fingerprint density at radius 3 is 3.21 bits per heavy atom. The lowest BCUT2D eigenvalue weighted by molar-refractivity contribution is 0.0412. The summed E-state index contributed by atoms with van der Waals surface area (Å²) in [6.07, 6.45) is 5.65. The summed E-state index contributed by atoms with van der Waals surface area (Å²) >= 11 is 1.77. The van der Waals surface area contributed by atoms with Crippen molar-refractivity contribution in [3.05, 3.63) is 11.1 Å². The molecule has 2 rings (SSSR count). The third-order valence-electron chi connectivity index (χ3n) is 3.33. The standard InChI is InChI=1S/C14H25N3OS/c1-3-6-15-14-16-8-13(19-14)10-17(2)9-12-5-4-7-18-11-12/h8,12H,3-7,9-11H2,1-2H3,(H,15,16). The molecular weight excluding hydrogens is 258 g/mol. The van der Waals surface area contributed by atoms with E-state index in [2.05, 4.69) is 29.2 Å². The van der Waals surface area contributed by atoms with Crippen molar-refractivity contribution in [1.82, 2.24) is 9.88 Å². The number of anilines is 1. The quantitative estimate of drug-likeness (QED) is 0.835. The molecule has 1 atom stereocenters. The number of nitrogens with zero attached hydrogens (tertiary/aromatic N) is 2. The molecule has 1 aliphatic rings. The molecule has 1 saturated heterocycles. The summed E-state index contributed by atoms with van der Waals surface area (Å²) in [6.45, 7) is 7.15. The van der Waals surface area contributed by atoms with Crippen LogP contribution in [0, 0.1) is 5.92 Å². The molecule has 0 aromatic carbocycles. The zero-order valence-corrected chi connectivity index (χ0v) is 12.8. The van der Waals surface area contributed by atoms with E-state index in [0.717, 1.165) is 44.4 Å². The average molecular weight is 283 g/mol. The Bertz CT molecular complexity index is 363. The van der Waals surface area contributed by atoms with E-state index in [1.165, 1.54) is 17.7 Å². The van der Waals surface area contributed by atoms with Gasteiger partial charge in [0.1, 0.15) is 0 Å². The Balaban J connectivity index is 1.74. The summed E-state index contributed by atoms with van der Waals surface area (Å²) in [6, 6.07) is 0. The fraction of sp³-hybridized carbons (Fsp3) is 0.786. The minimum atomic E-state index is 0.698. The third-order valence-corrected chi connectivity index (χ3v) is 4.27. The molecule has 0 saturated carbocycles. The molecule has 19 heavy (non-hydrogen) atoms. The molecule has 2 heterocycles. The predicted octanol–water partition coefficient (Wildman–Crippen LogP) is 2.82. The van der Waals surface area contributed by atoms with Crippen LogP contribution in [0.5, 0.6) is 0 Å². The molecule has 1 aromatic rings. The number of rotatable bonds is 7. The van der Waals surface area contributed by atoms with Crippen LogP contribution in [0.3, 0.4) is 0 Å². The molecule has 0 radical (unpaired) electrons. The number of thiazole rings is 1. The Labute approximate surface area is 120 Å². The first-order valence-electron chi connectivity index (χ1n) is 7.22. The van der Waals surface area contributed by atoms with Crippen LogP contribution in [0.15, 0.2) is 6.20 Å². The van der Waals surface area contributed by atoms with Gasteiger partial charge < -0.3 is 15.0 Å². The lowest BCUT2D eigenvalue weighted by Crippen LogP contribution is -2.30. The molecule has 1 fully saturated rings. The second-order valence-electron chi connectivity index (χ2n) is 5.34. The number of ether oxygens (including phenoxy) is 1. The van der Waals surface area contributed by atoms with Gasteiger partial charge in [-0.1, -0.05) is 6.92 Å². The zero-order chi connectivity index (χ0) is 13.5. The first-order chi connectivity index (χ1) is 9.28. The fourth-order valence-corrected chi connectivity index (χ4v) is 3.34. The highest BCUT2D eigenvalue weighted by atomic mass is 32.1. The van der Waals surface area contributed by atoms with Crippen molar-refractivity contribution in [2.24, 2.45) is 5.92 Å². The normalized spacial score (nSPS) is 19.8. The van der Waals surface area contributed by atoms with Crippen molar-refractivity contribution in [1.29, 1.82) is 0 Å². The topological polar surface area (TPSA) is 37.4 Å². The van der Waals surface area contributed by atoms with Crippen molar-refractivity contribution in [2.75, 3.05) is 38.7 Å². The SMILES string of the molecule is CCCNc1ncc(CN(C)CC2CCCOC2)s1. The number of hydrogen-bond donors (Lipinski definition) is 1. The summed E-state index contributed by atoms with van der Waals surface area (Å²) in [7, 11) is 2.19. The molecule has 1 unspecified atom stereocenters. The number of nitrogens with one attached hydrogen (secondary N) is 1. The van der Waals surface area contributed by atoms with Gasteiger partial charge >= 0.3 is 0 Å². The van der Waals surface area contributed by atoms with Crippen LogP contribution in [-0.2, 0) is 11.3 Å². The Morgan fingerprint density at radius 2 is 2.47 bits per heavy atom. The van der Waals surface area contributed by atoms with Gasteiger partial charge in [0.15, 0.2) is 5.13 Å². The van der Waals surface area contributed by atoms with Gasteiger partial charge in [0.2, 0.25) is 0 Å². The summed E-state index contributed by atoms with van der Waals surface area (Å²) < 4.78 is 5.54. The highest BCUT2D eigenvalue weighted by Crippen LogP contribution is 2.21. The van der Waals surface area contributed by atoms with Crippen LogP contribution < -0.4 is 5.32 Å². The van der Waals surface area contributed by atoms with Crippen LogP contribution in [-0.4, -0.2) is 43.2 Å². The zero-order valence-electron chi connectivity index (χ0n) is 12.0.